The molecular formula is C19H21ClN2O2. The zero-order valence-corrected chi connectivity index (χ0v) is 14.3. The number of anilines is 1. The number of halogens is 1. The van der Waals surface area contributed by atoms with Gasteiger partial charge < -0.3 is 15.8 Å². The first-order valence-electron chi connectivity index (χ1n) is 7.73. The molecule has 0 unspecified atom stereocenters. The summed E-state index contributed by atoms with van der Waals surface area (Å²) in [6, 6.07) is 13.2. The van der Waals surface area contributed by atoms with Crippen LogP contribution in [0, 0.1) is 6.92 Å². The third-order valence-electron chi connectivity index (χ3n) is 3.48. The standard InChI is InChI=1S/C19H21ClN2O2/c1-14-11-16(17(20)12-18(14)21)9-5-6-10-22-19(23)24-13-15-7-3-2-4-8-15/h2-5,7-9,11-12H,6,10,13,21H2,1H3,(H,22,23). The van der Waals surface area contributed by atoms with Gasteiger partial charge in [-0.25, -0.2) is 4.79 Å². The quantitative estimate of drug-likeness (QED) is 0.596. The highest BCUT2D eigenvalue weighted by atomic mass is 35.5. The van der Waals surface area contributed by atoms with Crippen LogP contribution in [0.15, 0.2) is 48.5 Å². The van der Waals surface area contributed by atoms with Crippen molar-refractivity contribution < 1.29 is 9.53 Å². The minimum absolute atomic E-state index is 0.267. The summed E-state index contributed by atoms with van der Waals surface area (Å²) in [7, 11) is 0. The number of hydrogen-bond acceptors (Lipinski definition) is 3. The molecular weight excluding hydrogens is 324 g/mol. The first-order chi connectivity index (χ1) is 11.6. The third-order valence-corrected chi connectivity index (χ3v) is 3.80. The molecule has 1 amide bonds. The molecule has 0 atom stereocenters. The summed E-state index contributed by atoms with van der Waals surface area (Å²) in [5, 5.41) is 3.32. The van der Waals surface area contributed by atoms with Crippen LogP contribution in [-0.4, -0.2) is 12.6 Å². The van der Waals surface area contributed by atoms with Gasteiger partial charge in [0.15, 0.2) is 0 Å². The lowest BCUT2D eigenvalue weighted by Gasteiger charge is -2.06. The first-order valence-corrected chi connectivity index (χ1v) is 8.11. The Kier molecular flexibility index (Phi) is 6.70. The topological polar surface area (TPSA) is 64.3 Å². The second kappa shape index (κ2) is 8.99. The van der Waals surface area contributed by atoms with Crippen LogP contribution in [0.1, 0.15) is 23.1 Å². The van der Waals surface area contributed by atoms with Gasteiger partial charge in [-0.15, -0.1) is 0 Å². The van der Waals surface area contributed by atoms with Crippen LogP contribution in [0.3, 0.4) is 0 Å². The summed E-state index contributed by atoms with van der Waals surface area (Å²) in [6.45, 7) is 2.70. The number of ether oxygens (including phenoxy) is 1. The molecule has 0 aliphatic heterocycles. The SMILES string of the molecule is Cc1cc(C=CCCNC(=O)OCc2ccccc2)c(Cl)cc1N. The fourth-order valence-electron chi connectivity index (χ4n) is 2.09. The first kappa shape index (κ1) is 17.9. The van der Waals surface area contributed by atoms with Crippen molar-refractivity contribution in [1.82, 2.24) is 5.32 Å². The van der Waals surface area contributed by atoms with Crippen LogP contribution < -0.4 is 11.1 Å². The van der Waals surface area contributed by atoms with E-state index in [1.54, 1.807) is 6.07 Å². The molecule has 2 aromatic rings. The largest absolute Gasteiger partial charge is 0.445 e. The van der Waals surface area contributed by atoms with Crippen LogP contribution in [-0.2, 0) is 11.3 Å². The molecule has 0 heterocycles. The van der Waals surface area contributed by atoms with Gasteiger partial charge in [-0.1, -0.05) is 54.1 Å². The molecule has 126 valence electrons. The minimum Gasteiger partial charge on any atom is -0.445 e. The summed E-state index contributed by atoms with van der Waals surface area (Å²) in [4.78, 5) is 11.6. The zero-order valence-electron chi connectivity index (χ0n) is 13.6. The number of benzene rings is 2. The van der Waals surface area contributed by atoms with Crippen molar-refractivity contribution in [3.05, 3.63) is 70.3 Å². The second-order valence-electron chi connectivity index (χ2n) is 5.41. The molecule has 0 spiro atoms. The van der Waals surface area contributed by atoms with Gasteiger partial charge in [0.2, 0.25) is 0 Å². The molecule has 0 saturated carbocycles. The molecule has 0 bridgehead atoms. The van der Waals surface area contributed by atoms with E-state index in [-0.39, 0.29) is 6.61 Å². The van der Waals surface area contributed by atoms with Crippen molar-refractivity contribution >= 4 is 29.5 Å². The van der Waals surface area contributed by atoms with E-state index in [2.05, 4.69) is 5.32 Å². The normalized spacial score (nSPS) is 10.8. The molecule has 0 aliphatic rings. The Balaban J connectivity index is 1.70. The smallest absolute Gasteiger partial charge is 0.407 e. The second-order valence-corrected chi connectivity index (χ2v) is 5.82. The highest BCUT2D eigenvalue weighted by Gasteiger charge is 2.02. The number of amides is 1. The molecule has 24 heavy (non-hydrogen) atoms. The number of nitrogens with two attached hydrogens (primary N) is 1. The van der Waals surface area contributed by atoms with E-state index in [1.165, 1.54) is 0 Å². The Bertz CT molecular complexity index is 715. The molecule has 0 fully saturated rings. The maximum absolute atomic E-state index is 11.6. The van der Waals surface area contributed by atoms with Crippen molar-refractivity contribution in [3.63, 3.8) is 0 Å². The summed E-state index contributed by atoms with van der Waals surface area (Å²) in [5.74, 6) is 0. The van der Waals surface area contributed by atoms with E-state index in [9.17, 15) is 4.79 Å². The van der Waals surface area contributed by atoms with Gasteiger partial charge in [0.25, 0.3) is 0 Å². The highest BCUT2D eigenvalue weighted by molar-refractivity contribution is 6.32. The predicted octanol–water partition coefficient (Wildman–Crippen LogP) is 4.56. The Morgan fingerprint density at radius 1 is 1.29 bits per heavy atom. The number of carbonyl (C=O) groups excluding carboxylic acids is 1. The molecule has 2 aromatic carbocycles. The Morgan fingerprint density at radius 2 is 2.04 bits per heavy atom. The van der Waals surface area contributed by atoms with Gasteiger partial charge in [-0.3, -0.25) is 0 Å². The van der Waals surface area contributed by atoms with E-state index in [4.69, 9.17) is 22.1 Å². The van der Waals surface area contributed by atoms with E-state index >= 15 is 0 Å². The van der Waals surface area contributed by atoms with E-state index < -0.39 is 6.09 Å². The molecule has 3 N–H and O–H groups in total. The predicted molar refractivity (Wildman–Crippen MR) is 98.9 cm³/mol. The van der Waals surface area contributed by atoms with Gasteiger partial charge in [0, 0.05) is 17.3 Å². The summed E-state index contributed by atoms with van der Waals surface area (Å²) >= 11 is 6.14. The maximum Gasteiger partial charge on any atom is 0.407 e. The molecule has 2 rings (SSSR count). The van der Waals surface area contributed by atoms with Crippen molar-refractivity contribution in [3.8, 4) is 0 Å². The van der Waals surface area contributed by atoms with Gasteiger partial charge >= 0.3 is 6.09 Å². The Hall–Kier alpha value is -2.46. The van der Waals surface area contributed by atoms with Crippen molar-refractivity contribution in [1.29, 1.82) is 0 Å². The summed E-state index contributed by atoms with van der Waals surface area (Å²) in [5.41, 5.74) is 9.34. The zero-order chi connectivity index (χ0) is 17.4. The third kappa shape index (κ3) is 5.63. The average Bonchev–Trinajstić information content (AvgIpc) is 2.58. The molecule has 0 radical (unpaired) electrons. The van der Waals surface area contributed by atoms with Crippen molar-refractivity contribution in [2.75, 3.05) is 12.3 Å². The van der Waals surface area contributed by atoms with Crippen LogP contribution in [0.25, 0.3) is 6.08 Å². The van der Waals surface area contributed by atoms with Crippen LogP contribution in [0.5, 0.6) is 0 Å². The monoisotopic (exact) mass is 344 g/mol. The van der Waals surface area contributed by atoms with Crippen LogP contribution >= 0.6 is 11.6 Å². The molecule has 0 saturated heterocycles. The van der Waals surface area contributed by atoms with E-state index in [0.717, 1.165) is 16.7 Å². The number of nitrogens with one attached hydrogen (secondary N) is 1. The highest BCUT2D eigenvalue weighted by Crippen LogP contribution is 2.24. The fraction of sp³-hybridized carbons (Fsp3) is 0.211. The van der Waals surface area contributed by atoms with Gasteiger partial charge in [-0.05, 0) is 42.2 Å². The van der Waals surface area contributed by atoms with Gasteiger partial charge in [0.1, 0.15) is 6.61 Å². The average molecular weight is 345 g/mol. The van der Waals surface area contributed by atoms with Gasteiger partial charge in [0.05, 0.1) is 0 Å². The Labute approximate surface area is 147 Å². The number of aryl methyl sites for hydroxylation is 1. The van der Waals surface area contributed by atoms with Gasteiger partial charge in [-0.2, -0.15) is 0 Å². The maximum atomic E-state index is 11.6. The Morgan fingerprint density at radius 3 is 2.79 bits per heavy atom. The van der Waals surface area contributed by atoms with E-state index in [0.29, 0.717) is 23.7 Å². The minimum atomic E-state index is -0.423. The number of rotatable bonds is 6. The van der Waals surface area contributed by atoms with Crippen LogP contribution in [0.2, 0.25) is 5.02 Å². The van der Waals surface area contributed by atoms with E-state index in [1.807, 2.05) is 55.5 Å². The lowest BCUT2D eigenvalue weighted by molar-refractivity contribution is 0.140. The summed E-state index contributed by atoms with van der Waals surface area (Å²) < 4.78 is 5.13. The number of carbonyl (C=O) groups is 1. The van der Waals surface area contributed by atoms with Crippen molar-refractivity contribution in [2.45, 2.75) is 20.0 Å². The molecule has 4 nitrogen and oxygen atoms in total. The molecule has 0 aliphatic carbocycles. The van der Waals surface area contributed by atoms with Crippen molar-refractivity contribution in [2.24, 2.45) is 0 Å². The molecule has 5 heteroatoms. The molecule has 0 aromatic heterocycles. The van der Waals surface area contributed by atoms with Crippen LogP contribution in [0.4, 0.5) is 10.5 Å². The fourth-order valence-corrected chi connectivity index (χ4v) is 2.32. The lowest BCUT2D eigenvalue weighted by Crippen LogP contribution is -2.24. The number of hydrogen-bond donors (Lipinski definition) is 2. The summed E-state index contributed by atoms with van der Waals surface area (Å²) in [6.07, 6.45) is 4.13. The number of alkyl carbamates (subject to hydrolysis) is 1. The number of nitrogen functional groups attached to an aromatic ring is 1. The lowest BCUT2D eigenvalue weighted by atomic mass is 10.1.